The lowest BCUT2D eigenvalue weighted by atomic mass is 10.2. The lowest BCUT2D eigenvalue weighted by molar-refractivity contribution is 0.402. The molecular weight excluding hydrogens is 416 g/mol. The number of fused-ring (bicyclic) bond motifs is 1. The molecule has 0 aliphatic heterocycles. The second-order valence-corrected chi connectivity index (χ2v) is 10.3. The van der Waals surface area contributed by atoms with Gasteiger partial charge in [0.2, 0.25) is 0 Å². The maximum Gasteiger partial charge on any atom is 0.268 e. The van der Waals surface area contributed by atoms with Crippen LogP contribution >= 0.6 is 23.4 Å². The number of ether oxygens (including phenoxy) is 1. The molecular formula is C20H23ClN2O3S2. The second kappa shape index (κ2) is 7.99. The van der Waals surface area contributed by atoms with E-state index in [2.05, 4.69) is 11.8 Å². The van der Waals surface area contributed by atoms with E-state index < -0.39 is 10.0 Å². The van der Waals surface area contributed by atoms with Crippen molar-refractivity contribution in [2.75, 3.05) is 21.2 Å². The molecule has 0 spiro atoms. The predicted octanol–water partition coefficient (Wildman–Crippen LogP) is 4.85. The summed E-state index contributed by atoms with van der Waals surface area (Å²) < 4.78 is 33.7. The number of benzene rings is 2. The molecule has 150 valence electrons. The SMILES string of the molecule is COc1ccc2c(c1)c(SC(C)N(C)C)c(C)n2S(=O)(=O)c1cccc(Cl)c1. The first-order chi connectivity index (χ1) is 13.2. The minimum atomic E-state index is -3.81. The van der Waals surface area contributed by atoms with Crippen LogP contribution in [0.15, 0.2) is 52.3 Å². The molecule has 5 nitrogen and oxygen atoms in total. The highest BCUT2D eigenvalue weighted by Crippen LogP contribution is 2.40. The second-order valence-electron chi connectivity index (χ2n) is 6.71. The van der Waals surface area contributed by atoms with E-state index in [1.165, 1.54) is 10.0 Å². The molecule has 0 fully saturated rings. The molecule has 28 heavy (non-hydrogen) atoms. The van der Waals surface area contributed by atoms with Crippen LogP contribution in [0.2, 0.25) is 5.02 Å². The van der Waals surface area contributed by atoms with Gasteiger partial charge in [-0.1, -0.05) is 17.7 Å². The number of thioether (sulfide) groups is 1. The normalized spacial score (nSPS) is 13.2. The summed E-state index contributed by atoms with van der Waals surface area (Å²) in [6, 6.07) is 11.8. The van der Waals surface area contributed by atoms with Crippen LogP contribution in [-0.4, -0.2) is 43.9 Å². The van der Waals surface area contributed by atoms with Gasteiger partial charge in [-0.05, 0) is 64.3 Å². The average Bonchev–Trinajstić information content (AvgIpc) is 2.93. The summed E-state index contributed by atoms with van der Waals surface area (Å²) in [7, 11) is 1.78. The maximum atomic E-state index is 13.5. The van der Waals surface area contributed by atoms with E-state index in [1.54, 1.807) is 49.2 Å². The molecule has 1 atom stereocenters. The number of nitrogens with zero attached hydrogens (tertiary/aromatic N) is 2. The van der Waals surface area contributed by atoms with Gasteiger partial charge in [-0.15, -0.1) is 11.8 Å². The van der Waals surface area contributed by atoms with Crippen molar-refractivity contribution in [3.8, 4) is 5.75 Å². The molecule has 0 aliphatic carbocycles. The molecule has 8 heteroatoms. The van der Waals surface area contributed by atoms with Crippen molar-refractivity contribution in [1.82, 2.24) is 8.87 Å². The van der Waals surface area contributed by atoms with Gasteiger partial charge >= 0.3 is 0 Å². The number of hydrogen-bond acceptors (Lipinski definition) is 5. The summed E-state index contributed by atoms with van der Waals surface area (Å²) in [4.78, 5) is 3.16. The number of aromatic nitrogens is 1. The summed E-state index contributed by atoms with van der Waals surface area (Å²) in [5, 5.41) is 1.40. The van der Waals surface area contributed by atoms with E-state index in [9.17, 15) is 8.42 Å². The lowest BCUT2D eigenvalue weighted by Crippen LogP contribution is -2.21. The fraction of sp³-hybridized carbons (Fsp3) is 0.300. The van der Waals surface area contributed by atoms with Crippen molar-refractivity contribution in [2.24, 2.45) is 0 Å². The topological polar surface area (TPSA) is 51.5 Å². The van der Waals surface area contributed by atoms with E-state index in [0.29, 0.717) is 22.0 Å². The zero-order valence-corrected chi connectivity index (χ0v) is 18.8. The summed E-state index contributed by atoms with van der Waals surface area (Å²) in [5.74, 6) is 0.684. The van der Waals surface area contributed by atoms with Gasteiger partial charge in [-0.25, -0.2) is 12.4 Å². The highest BCUT2D eigenvalue weighted by Gasteiger charge is 2.26. The molecule has 2 aromatic carbocycles. The molecule has 1 heterocycles. The highest BCUT2D eigenvalue weighted by molar-refractivity contribution is 8.00. The number of hydrogen-bond donors (Lipinski definition) is 0. The molecule has 0 amide bonds. The van der Waals surface area contributed by atoms with Crippen LogP contribution in [-0.2, 0) is 10.0 Å². The molecule has 0 saturated heterocycles. The van der Waals surface area contributed by atoms with E-state index in [0.717, 1.165) is 10.3 Å². The Balaban J connectivity index is 2.30. The highest BCUT2D eigenvalue weighted by atomic mass is 35.5. The van der Waals surface area contributed by atoms with Crippen LogP contribution in [0.1, 0.15) is 12.6 Å². The average molecular weight is 439 g/mol. The van der Waals surface area contributed by atoms with Gasteiger partial charge < -0.3 is 4.74 Å². The molecule has 1 aromatic heterocycles. The van der Waals surface area contributed by atoms with E-state index in [4.69, 9.17) is 16.3 Å². The third-order valence-electron chi connectivity index (χ3n) is 4.65. The van der Waals surface area contributed by atoms with Gasteiger partial charge in [0.05, 0.1) is 22.9 Å². The molecule has 3 aromatic rings. The Morgan fingerprint density at radius 2 is 1.89 bits per heavy atom. The summed E-state index contributed by atoms with van der Waals surface area (Å²) >= 11 is 7.67. The molecule has 0 N–H and O–H groups in total. The molecule has 0 bridgehead atoms. The Bertz CT molecular complexity index is 1120. The number of rotatable bonds is 6. The smallest absolute Gasteiger partial charge is 0.268 e. The Kier molecular flexibility index (Phi) is 6.00. The van der Waals surface area contributed by atoms with Gasteiger partial charge in [0.25, 0.3) is 10.0 Å². The standard InChI is InChI=1S/C20H23ClN2O3S2/c1-13-20(27-14(2)22(3)4)18-12-16(26-5)9-10-19(18)23(13)28(24,25)17-8-6-7-15(21)11-17/h6-12,14H,1-5H3. The summed E-state index contributed by atoms with van der Waals surface area (Å²) in [6.45, 7) is 3.91. The van der Waals surface area contributed by atoms with Crippen molar-refractivity contribution in [3.05, 3.63) is 53.2 Å². The Morgan fingerprint density at radius 3 is 2.50 bits per heavy atom. The van der Waals surface area contributed by atoms with Crippen LogP contribution in [0.4, 0.5) is 0 Å². The van der Waals surface area contributed by atoms with Crippen LogP contribution in [0.25, 0.3) is 10.9 Å². The van der Waals surface area contributed by atoms with Gasteiger partial charge in [-0.3, -0.25) is 4.90 Å². The minimum absolute atomic E-state index is 0.160. The number of halogens is 1. The Hall–Kier alpha value is -1.67. The van der Waals surface area contributed by atoms with E-state index in [1.807, 2.05) is 27.1 Å². The molecule has 3 rings (SSSR count). The van der Waals surface area contributed by atoms with Gasteiger partial charge in [0, 0.05) is 21.0 Å². The van der Waals surface area contributed by atoms with E-state index in [-0.39, 0.29) is 10.3 Å². The van der Waals surface area contributed by atoms with Crippen molar-refractivity contribution < 1.29 is 13.2 Å². The van der Waals surface area contributed by atoms with Crippen molar-refractivity contribution in [1.29, 1.82) is 0 Å². The largest absolute Gasteiger partial charge is 0.497 e. The predicted molar refractivity (Wildman–Crippen MR) is 116 cm³/mol. The first-order valence-corrected chi connectivity index (χ1v) is 11.4. The Morgan fingerprint density at radius 1 is 1.18 bits per heavy atom. The Labute approximate surface area is 175 Å². The monoisotopic (exact) mass is 438 g/mol. The maximum absolute atomic E-state index is 13.5. The van der Waals surface area contributed by atoms with Crippen molar-refractivity contribution in [2.45, 2.75) is 29.0 Å². The van der Waals surface area contributed by atoms with Crippen molar-refractivity contribution >= 4 is 44.3 Å². The van der Waals surface area contributed by atoms with Crippen LogP contribution in [0.3, 0.4) is 0 Å². The quantitative estimate of drug-likeness (QED) is 0.406. The summed E-state index contributed by atoms with van der Waals surface area (Å²) in [5.41, 5.74) is 1.29. The fourth-order valence-corrected chi connectivity index (χ4v) is 5.96. The molecule has 0 radical (unpaired) electrons. The zero-order valence-electron chi connectivity index (χ0n) is 16.4. The van der Waals surface area contributed by atoms with Gasteiger partial charge in [0.1, 0.15) is 5.75 Å². The van der Waals surface area contributed by atoms with Crippen LogP contribution < -0.4 is 4.74 Å². The lowest BCUT2D eigenvalue weighted by Gasteiger charge is -2.19. The minimum Gasteiger partial charge on any atom is -0.497 e. The third kappa shape index (κ3) is 3.76. The summed E-state index contributed by atoms with van der Waals surface area (Å²) in [6.07, 6.45) is 0. The first-order valence-electron chi connectivity index (χ1n) is 8.70. The number of methoxy groups -OCH3 is 1. The first kappa shape index (κ1) is 21.0. The molecule has 0 aliphatic rings. The zero-order chi connectivity index (χ0) is 20.6. The fourth-order valence-electron chi connectivity index (χ4n) is 2.94. The van der Waals surface area contributed by atoms with Gasteiger partial charge in [0.15, 0.2) is 0 Å². The van der Waals surface area contributed by atoms with Crippen molar-refractivity contribution in [3.63, 3.8) is 0 Å². The van der Waals surface area contributed by atoms with E-state index >= 15 is 0 Å². The molecule has 0 saturated carbocycles. The van der Waals surface area contributed by atoms with Crippen LogP contribution in [0.5, 0.6) is 5.75 Å². The van der Waals surface area contributed by atoms with Gasteiger partial charge in [-0.2, -0.15) is 0 Å². The molecule has 1 unspecified atom stereocenters. The van der Waals surface area contributed by atoms with Crippen LogP contribution in [0, 0.1) is 6.92 Å². The third-order valence-corrected chi connectivity index (χ3v) is 8.20.